The van der Waals surface area contributed by atoms with Crippen LogP contribution in [-0.4, -0.2) is 64.2 Å². The first-order valence-corrected chi connectivity index (χ1v) is 17.4. The number of rotatable bonds is 12. The number of fused-ring (bicyclic) bond motifs is 1. The molecule has 0 N–H and O–H groups in total. The van der Waals surface area contributed by atoms with Crippen LogP contribution in [0.4, 0.5) is 10.2 Å². The number of aryl methyl sites for hydroxylation is 2. The average Bonchev–Trinajstić information content (AvgIpc) is 3.49. The fraction of sp³-hybridized carbons (Fsp3) is 0.439. The molecule has 0 amide bonds. The highest BCUT2D eigenvalue weighted by atomic mass is 19.1. The number of carbonyl (C=O) groups is 1. The van der Waals surface area contributed by atoms with Crippen LogP contribution in [0.15, 0.2) is 55.1 Å². The molecule has 2 aromatic carbocycles. The second-order valence-corrected chi connectivity index (χ2v) is 14.3. The van der Waals surface area contributed by atoms with Gasteiger partial charge in [-0.05, 0) is 97.6 Å². The lowest BCUT2D eigenvalue weighted by Gasteiger charge is -2.41. The summed E-state index contributed by atoms with van der Waals surface area (Å²) < 4.78 is 41.5. The van der Waals surface area contributed by atoms with Crippen molar-refractivity contribution in [1.29, 1.82) is 0 Å². The van der Waals surface area contributed by atoms with Crippen molar-refractivity contribution in [3.05, 3.63) is 77.8 Å². The number of terminal acetylenes is 1. The molecule has 0 saturated carbocycles. The third-order valence-corrected chi connectivity index (χ3v) is 8.89. The van der Waals surface area contributed by atoms with Crippen LogP contribution < -0.4 is 9.64 Å². The number of ether oxygens (including phenoxy) is 4. The quantitative estimate of drug-likeness (QED) is 0.0833. The summed E-state index contributed by atoms with van der Waals surface area (Å²) in [7, 11) is 0. The van der Waals surface area contributed by atoms with Gasteiger partial charge >= 0.3 is 5.97 Å². The van der Waals surface area contributed by atoms with Crippen molar-refractivity contribution in [1.82, 2.24) is 14.6 Å². The maximum atomic E-state index is 15.6. The van der Waals surface area contributed by atoms with Gasteiger partial charge in [-0.2, -0.15) is 9.61 Å². The Labute approximate surface area is 300 Å². The Morgan fingerprint density at radius 2 is 1.86 bits per heavy atom. The minimum atomic E-state index is -1.05. The molecular formula is C41H49FN4O5. The van der Waals surface area contributed by atoms with Gasteiger partial charge in [-0.25, -0.2) is 14.2 Å². The van der Waals surface area contributed by atoms with Crippen molar-refractivity contribution >= 4 is 17.4 Å². The highest BCUT2D eigenvalue weighted by molar-refractivity contribution is 5.81. The van der Waals surface area contributed by atoms with Gasteiger partial charge in [-0.1, -0.05) is 30.2 Å². The molecule has 9 nitrogen and oxygen atoms in total. The topological polar surface area (TPSA) is 87.4 Å². The van der Waals surface area contributed by atoms with Crippen molar-refractivity contribution < 1.29 is 28.1 Å². The number of anilines is 1. The third-order valence-electron chi connectivity index (χ3n) is 8.89. The second-order valence-electron chi connectivity index (χ2n) is 14.3. The average molecular weight is 697 g/mol. The number of piperidine rings is 1. The zero-order valence-electron chi connectivity index (χ0n) is 31.0. The van der Waals surface area contributed by atoms with Crippen molar-refractivity contribution in [3.8, 4) is 40.5 Å². The monoisotopic (exact) mass is 696 g/mol. The predicted octanol–water partition coefficient (Wildman–Crippen LogP) is 8.20. The summed E-state index contributed by atoms with van der Waals surface area (Å²) in [6.07, 6.45) is 7.25. The van der Waals surface area contributed by atoms with E-state index in [9.17, 15) is 4.79 Å². The molecule has 270 valence electrons. The molecule has 0 spiro atoms. The van der Waals surface area contributed by atoms with Crippen LogP contribution in [0.3, 0.4) is 0 Å². The van der Waals surface area contributed by atoms with Crippen LogP contribution in [0.5, 0.6) is 5.75 Å². The van der Waals surface area contributed by atoms with Crippen LogP contribution >= 0.6 is 0 Å². The summed E-state index contributed by atoms with van der Waals surface area (Å²) in [4.78, 5) is 20.8. The van der Waals surface area contributed by atoms with E-state index in [2.05, 4.69) is 24.3 Å². The van der Waals surface area contributed by atoms with E-state index >= 15 is 4.39 Å². The maximum absolute atomic E-state index is 15.6. The van der Waals surface area contributed by atoms with Gasteiger partial charge in [0.25, 0.3) is 0 Å². The lowest BCUT2D eigenvalue weighted by Crippen LogP contribution is -2.45. The van der Waals surface area contributed by atoms with Gasteiger partial charge in [0, 0.05) is 30.4 Å². The molecule has 1 fully saturated rings. The lowest BCUT2D eigenvalue weighted by atomic mass is 9.92. The smallest absolute Gasteiger partial charge is 0.340 e. The summed E-state index contributed by atoms with van der Waals surface area (Å²) in [5.74, 6) is 2.72. The van der Waals surface area contributed by atoms with Gasteiger partial charge in [0.1, 0.15) is 17.4 Å². The van der Waals surface area contributed by atoms with Gasteiger partial charge in [0.05, 0.1) is 41.2 Å². The van der Waals surface area contributed by atoms with Gasteiger partial charge in [0.2, 0.25) is 0 Å². The van der Waals surface area contributed by atoms with Crippen LogP contribution in [0, 0.1) is 32.0 Å². The van der Waals surface area contributed by atoms with Crippen LogP contribution in [0.25, 0.3) is 28.0 Å². The standard InChI is InChI=1S/C41H49FN4O5/c1-11-21-49-41(10)17-19-45(20-18-41)38-35(37(39(47)48-13-3)51-40(7,8)9)28(6)43-34-25-32(44-46(34)38)29-15-14-16-30(24-29)36-31(42)22-26(4)23-33(36)50-27(5)12-2/h2,11,14-16,22-25,27,37H,1,13,17-21H2,3-10H3/t27-,37-/m0/s1. The van der Waals surface area contributed by atoms with Crippen molar-refractivity contribution in [2.45, 2.75) is 91.6 Å². The molecule has 10 heteroatoms. The summed E-state index contributed by atoms with van der Waals surface area (Å²) in [6.45, 7) is 20.8. The third kappa shape index (κ3) is 8.43. The SMILES string of the molecule is C#C[C@H](C)Oc1cc(C)cc(F)c1-c1cccc(-c2cc3nc(C)c([C@H](OC(C)(C)C)C(=O)OCC)c(N4CCC(C)(OCC=C)CC4)n3n2)c1. The normalized spacial score (nSPS) is 15.6. The Balaban J connectivity index is 1.67. The zero-order chi connectivity index (χ0) is 37.1. The molecule has 2 atom stereocenters. The fourth-order valence-corrected chi connectivity index (χ4v) is 6.40. The molecule has 0 radical (unpaired) electrons. The van der Waals surface area contributed by atoms with Gasteiger partial charge < -0.3 is 23.8 Å². The molecule has 4 aromatic rings. The van der Waals surface area contributed by atoms with Crippen LogP contribution in [0.1, 0.15) is 77.3 Å². The Bertz CT molecular complexity index is 1950. The van der Waals surface area contributed by atoms with E-state index in [1.54, 1.807) is 30.5 Å². The molecule has 0 bridgehead atoms. The number of nitrogens with zero attached hydrogens (tertiary/aromatic N) is 4. The predicted molar refractivity (Wildman–Crippen MR) is 198 cm³/mol. The number of halogens is 1. The van der Waals surface area contributed by atoms with Gasteiger partial charge in [-0.3, -0.25) is 0 Å². The van der Waals surface area contributed by atoms with Crippen molar-refractivity contribution in [2.75, 3.05) is 31.2 Å². The molecule has 51 heavy (non-hydrogen) atoms. The Morgan fingerprint density at radius 1 is 1.16 bits per heavy atom. The van der Waals surface area contributed by atoms with E-state index in [-0.39, 0.29) is 12.2 Å². The second kappa shape index (κ2) is 15.3. The highest BCUT2D eigenvalue weighted by Gasteiger charge is 2.38. The summed E-state index contributed by atoms with van der Waals surface area (Å²) in [5, 5.41) is 5.09. The Morgan fingerprint density at radius 3 is 2.51 bits per heavy atom. The molecule has 1 saturated heterocycles. The number of hydrogen-bond acceptors (Lipinski definition) is 8. The molecule has 2 aromatic heterocycles. The van der Waals surface area contributed by atoms with Gasteiger partial charge in [0.15, 0.2) is 17.9 Å². The van der Waals surface area contributed by atoms with E-state index in [4.69, 9.17) is 35.5 Å². The van der Waals surface area contributed by atoms with E-state index < -0.39 is 29.6 Å². The summed E-state index contributed by atoms with van der Waals surface area (Å²) in [6, 6.07) is 12.7. The van der Waals surface area contributed by atoms with Crippen molar-refractivity contribution in [2.24, 2.45) is 0 Å². The van der Waals surface area contributed by atoms with E-state index in [1.807, 2.05) is 65.0 Å². The molecule has 0 unspecified atom stereocenters. The Kier molecular flexibility index (Phi) is 11.2. The summed E-state index contributed by atoms with van der Waals surface area (Å²) in [5.41, 5.74) is 3.84. The molecular weight excluding hydrogens is 647 g/mol. The minimum absolute atomic E-state index is 0.202. The van der Waals surface area contributed by atoms with Gasteiger partial charge in [-0.15, -0.1) is 13.0 Å². The van der Waals surface area contributed by atoms with E-state index in [0.717, 1.165) is 24.0 Å². The molecule has 1 aliphatic heterocycles. The van der Waals surface area contributed by atoms with Crippen LogP contribution in [0.2, 0.25) is 0 Å². The fourth-order valence-electron chi connectivity index (χ4n) is 6.40. The maximum Gasteiger partial charge on any atom is 0.340 e. The Hall–Kier alpha value is -4.72. The molecule has 5 rings (SSSR count). The number of esters is 1. The first kappa shape index (κ1) is 37.5. The van der Waals surface area contributed by atoms with E-state index in [1.165, 1.54) is 6.07 Å². The molecule has 1 aliphatic rings. The minimum Gasteiger partial charge on any atom is -0.477 e. The lowest BCUT2D eigenvalue weighted by molar-refractivity contribution is -0.166. The number of aromatic nitrogens is 3. The highest BCUT2D eigenvalue weighted by Crippen LogP contribution is 2.40. The van der Waals surface area contributed by atoms with Crippen molar-refractivity contribution in [3.63, 3.8) is 0 Å². The molecule has 3 heterocycles. The first-order valence-electron chi connectivity index (χ1n) is 17.4. The van der Waals surface area contributed by atoms with E-state index in [0.29, 0.717) is 65.0 Å². The largest absolute Gasteiger partial charge is 0.477 e. The number of benzene rings is 2. The number of hydrogen-bond donors (Lipinski definition) is 0. The zero-order valence-corrected chi connectivity index (χ0v) is 31.0. The summed E-state index contributed by atoms with van der Waals surface area (Å²) >= 11 is 0. The first-order chi connectivity index (χ1) is 24.2. The molecule has 0 aliphatic carbocycles. The number of carbonyl (C=O) groups excluding carboxylic acids is 1. The van der Waals surface area contributed by atoms with Crippen LogP contribution in [-0.2, 0) is 19.0 Å².